The molecule has 0 bridgehead atoms. The van der Waals surface area contributed by atoms with Crippen LogP contribution in [-0.2, 0) is 10.0 Å². The minimum absolute atomic E-state index is 0.116. The molecule has 0 atom stereocenters. The number of carbonyl (C=O) groups excluding carboxylic acids is 1. The Labute approximate surface area is 146 Å². The van der Waals surface area contributed by atoms with Crippen LogP contribution in [0.3, 0.4) is 0 Å². The van der Waals surface area contributed by atoms with Gasteiger partial charge in [-0.1, -0.05) is 5.16 Å². The highest BCUT2D eigenvalue weighted by Gasteiger charge is 2.34. The number of aryl methyl sites for hydroxylation is 2. The Morgan fingerprint density at radius 2 is 1.72 bits per heavy atom. The number of rotatable bonds is 3. The number of anilines is 1. The molecule has 9 heteroatoms. The molecular weight excluding hydrogens is 344 g/mol. The Kier molecular flexibility index (Phi) is 4.53. The lowest BCUT2D eigenvalue weighted by Crippen LogP contribution is -2.50. The number of nitrogen functional groups attached to an aromatic ring is 1. The number of aromatic nitrogens is 1. The fourth-order valence-corrected chi connectivity index (χ4v) is 4.63. The summed E-state index contributed by atoms with van der Waals surface area (Å²) in [4.78, 5) is 14.3. The van der Waals surface area contributed by atoms with E-state index in [1.54, 1.807) is 43.0 Å². The summed E-state index contributed by atoms with van der Waals surface area (Å²) in [6.07, 6.45) is 0. The van der Waals surface area contributed by atoms with Gasteiger partial charge in [0, 0.05) is 37.4 Å². The van der Waals surface area contributed by atoms with Crippen molar-refractivity contribution in [3.8, 4) is 0 Å². The van der Waals surface area contributed by atoms with Crippen LogP contribution in [0.5, 0.6) is 0 Å². The van der Waals surface area contributed by atoms with Gasteiger partial charge >= 0.3 is 0 Å². The summed E-state index contributed by atoms with van der Waals surface area (Å²) in [6.45, 7) is 4.29. The zero-order valence-electron chi connectivity index (χ0n) is 14.1. The molecule has 1 saturated heterocycles. The van der Waals surface area contributed by atoms with Gasteiger partial charge in [0.25, 0.3) is 5.91 Å². The monoisotopic (exact) mass is 364 g/mol. The predicted octanol–water partition coefficient (Wildman–Crippen LogP) is 1.02. The van der Waals surface area contributed by atoms with Gasteiger partial charge in [-0.05, 0) is 38.1 Å². The first kappa shape index (κ1) is 17.4. The first-order valence-electron chi connectivity index (χ1n) is 7.88. The van der Waals surface area contributed by atoms with Crippen LogP contribution in [0.15, 0.2) is 33.7 Å². The Hall–Kier alpha value is -2.39. The van der Waals surface area contributed by atoms with Crippen molar-refractivity contribution in [1.29, 1.82) is 0 Å². The molecule has 25 heavy (non-hydrogen) atoms. The summed E-state index contributed by atoms with van der Waals surface area (Å²) in [7, 11) is -3.68. The van der Waals surface area contributed by atoms with Crippen LogP contribution in [0, 0.1) is 13.8 Å². The molecule has 1 fully saturated rings. The molecule has 0 radical (unpaired) electrons. The van der Waals surface area contributed by atoms with E-state index in [1.807, 2.05) is 0 Å². The molecule has 1 aliphatic rings. The smallest absolute Gasteiger partial charge is 0.253 e. The summed E-state index contributed by atoms with van der Waals surface area (Å²) in [5, 5.41) is 3.71. The SMILES string of the molecule is Cc1noc(C)c1S(=O)(=O)N1CCN(C(=O)c2ccc(N)cc2)CC1. The molecule has 0 spiro atoms. The summed E-state index contributed by atoms with van der Waals surface area (Å²) in [6, 6.07) is 6.69. The number of piperazine rings is 1. The number of nitrogens with zero attached hydrogens (tertiary/aromatic N) is 3. The number of benzene rings is 1. The van der Waals surface area contributed by atoms with Crippen LogP contribution in [0.4, 0.5) is 5.69 Å². The maximum atomic E-state index is 12.8. The van der Waals surface area contributed by atoms with Crippen molar-refractivity contribution in [1.82, 2.24) is 14.4 Å². The van der Waals surface area contributed by atoms with E-state index >= 15 is 0 Å². The molecule has 0 unspecified atom stereocenters. The number of carbonyl (C=O) groups is 1. The molecule has 1 aromatic heterocycles. The fraction of sp³-hybridized carbons (Fsp3) is 0.375. The van der Waals surface area contributed by atoms with E-state index in [0.717, 1.165) is 0 Å². The molecular formula is C16H20N4O4S. The second kappa shape index (κ2) is 6.49. The first-order valence-corrected chi connectivity index (χ1v) is 9.32. The number of hydrogen-bond acceptors (Lipinski definition) is 6. The zero-order chi connectivity index (χ0) is 18.2. The largest absolute Gasteiger partial charge is 0.399 e. The lowest BCUT2D eigenvalue weighted by molar-refractivity contribution is 0.0698. The molecule has 1 amide bonds. The highest BCUT2D eigenvalue weighted by molar-refractivity contribution is 7.89. The molecule has 3 rings (SSSR count). The number of nitrogens with two attached hydrogens (primary N) is 1. The Morgan fingerprint density at radius 1 is 1.12 bits per heavy atom. The van der Waals surface area contributed by atoms with Crippen LogP contribution < -0.4 is 5.73 Å². The predicted molar refractivity (Wildman–Crippen MR) is 91.5 cm³/mol. The van der Waals surface area contributed by atoms with Crippen molar-refractivity contribution in [2.75, 3.05) is 31.9 Å². The summed E-state index contributed by atoms with van der Waals surface area (Å²) in [5.41, 5.74) is 7.10. The third-order valence-electron chi connectivity index (χ3n) is 4.25. The third kappa shape index (κ3) is 3.24. The van der Waals surface area contributed by atoms with Crippen molar-refractivity contribution in [2.45, 2.75) is 18.7 Å². The Balaban J connectivity index is 1.71. The molecule has 2 heterocycles. The van der Waals surface area contributed by atoms with E-state index in [1.165, 1.54) is 4.31 Å². The van der Waals surface area contributed by atoms with E-state index in [9.17, 15) is 13.2 Å². The van der Waals surface area contributed by atoms with Crippen LogP contribution in [0.1, 0.15) is 21.8 Å². The minimum atomic E-state index is -3.68. The summed E-state index contributed by atoms with van der Waals surface area (Å²) >= 11 is 0. The van der Waals surface area contributed by atoms with E-state index in [-0.39, 0.29) is 29.7 Å². The molecule has 0 aliphatic carbocycles. The molecule has 0 saturated carbocycles. The van der Waals surface area contributed by atoms with Crippen molar-refractivity contribution < 1.29 is 17.7 Å². The molecule has 2 N–H and O–H groups in total. The van der Waals surface area contributed by atoms with Crippen LogP contribution >= 0.6 is 0 Å². The van der Waals surface area contributed by atoms with E-state index in [0.29, 0.717) is 30.0 Å². The van der Waals surface area contributed by atoms with Gasteiger partial charge in [0.15, 0.2) is 5.76 Å². The van der Waals surface area contributed by atoms with Gasteiger partial charge in [-0.15, -0.1) is 0 Å². The minimum Gasteiger partial charge on any atom is -0.399 e. The van der Waals surface area contributed by atoms with E-state index in [2.05, 4.69) is 5.16 Å². The van der Waals surface area contributed by atoms with Crippen molar-refractivity contribution in [2.24, 2.45) is 0 Å². The average Bonchev–Trinajstić information content (AvgIpc) is 2.94. The number of amides is 1. The van der Waals surface area contributed by atoms with E-state index in [4.69, 9.17) is 10.3 Å². The maximum Gasteiger partial charge on any atom is 0.253 e. The highest BCUT2D eigenvalue weighted by atomic mass is 32.2. The molecule has 134 valence electrons. The standard InChI is InChI=1S/C16H20N4O4S/c1-11-15(12(2)24-18-11)25(22,23)20-9-7-19(8-10-20)16(21)13-3-5-14(17)6-4-13/h3-6H,7-10,17H2,1-2H3. The summed E-state index contributed by atoms with van der Waals surface area (Å²) < 4.78 is 31.9. The molecule has 2 aromatic rings. The highest BCUT2D eigenvalue weighted by Crippen LogP contribution is 2.24. The fourth-order valence-electron chi connectivity index (χ4n) is 2.91. The van der Waals surface area contributed by atoms with Gasteiger partial charge in [-0.3, -0.25) is 4.79 Å². The first-order chi connectivity index (χ1) is 11.8. The average molecular weight is 364 g/mol. The zero-order valence-corrected chi connectivity index (χ0v) is 14.9. The van der Waals surface area contributed by atoms with Crippen LogP contribution in [0.2, 0.25) is 0 Å². The normalized spacial score (nSPS) is 16.2. The van der Waals surface area contributed by atoms with Crippen molar-refractivity contribution in [3.63, 3.8) is 0 Å². The van der Waals surface area contributed by atoms with Gasteiger partial charge in [0.2, 0.25) is 10.0 Å². The topological polar surface area (TPSA) is 110 Å². The maximum absolute atomic E-state index is 12.8. The van der Waals surface area contributed by atoms with Gasteiger partial charge in [-0.2, -0.15) is 4.31 Å². The van der Waals surface area contributed by atoms with Gasteiger partial charge in [0.1, 0.15) is 10.6 Å². The second-order valence-corrected chi connectivity index (χ2v) is 7.85. The van der Waals surface area contributed by atoms with Gasteiger partial charge in [0.05, 0.1) is 0 Å². The lowest BCUT2D eigenvalue weighted by Gasteiger charge is -2.34. The second-order valence-electron chi connectivity index (χ2n) is 5.97. The van der Waals surface area contributed by atoms with Gasteiger partial charge in [-0.25, -0.2) is 8.42 Å². The number of hydrogen-bond donors (Lipinski definition) is 1. The Morgan fingerprint density at radius 3 is 2.24 bits per heavy atom. The third-order valence-corrected chi connectivity index (χ3v) is 6.39. The Bertz CT molecular complexity index is 862. The lowest BCUT2D eigenvalue weighted by atomic mass is 10.1. The quantitative estimate of drug-likeness (QED) is 0.814. The van der Waals surface area contributed by atoms with Crippen molar-refractivity contribution >= 4 is 21.6 Å². The molecule has 8 nitrogen and oxygen atoms in total. The molecule has 1 aromatic carbocycles. The molecule has 1 aliphatic heterocycles. The van der Waals surface area contributed by atoms with Crippen LogP contribution in [-0.4, -0.2) is 54.9 Å². The summed E-state index contributed by atoms with van der Waals surface area (Å²) in [5.74, 6) is 0.146. The van der Waals surface area contributed by atoms with Gasteiger partial charge < -0.3 is 15.2 Å². The van der Waals surface area contributed by atoms with Crippen LogP contribution in [0.25, 0.3) is 0 Å². The van der Waals surface area contributed by atoms with E-state index < -0.39 is 10.0 Å². The van der Waals surface area contributed by atoms with Crippen molar-refractivity contribution in [3.05, 3.63) is 41.3 Å². The number of sulfonamides is 1.